The maximum atomic E-state index is 13.8. The molecule has 17 heteroatoms. The van der Waals surface area contributed by atoms with Gasteiger partial charge < -0.3 is 54.3 Å². The molecule has 0 radical (unpaired) electrons. The van der Waals surface area contributed by atoms with Crippen molar-refractivity contribution < 1.29 is 66.7 Å². The summed E-state index contributed by atoms with van der Waals surface area (Å²) in [6.07, 6.45) is 2.24. The fourth-order valence-electron chi connectivity index (χ4n) is 8.61. The monoisotopic (exact) mass is 1200 g/mol. The average Bonchev–Trinajstić information content (AvgIpc) is 2.52. The van der Waals surface area contributed by atoms with Crippen molar-refractivity contribution in [3.63, 3.8) is 0 Å². The van der Waals surface area contributed by atoms with E-state index in [1.54, 1.807) is 41.5 Å². The zero-order valence-corrected chi connectivity index (χ0v) is 53.7. The fourth-order valence-corrected chi connectivity index (χ4v) is 8.61. The summed E-state index contributed by atoms with van der Waals surface area (Å²) in [5.41, 5.74) is 6.88. The molecule has 4 aromatic rings. The van der Waals surface area contributed by atoms with Crippen LogP contribution in [0.2, 0.25) is 0 Å². The molecule has 4 atom stereocenters. The summed E-state index contributed by atoms with van der Waals surface area (Å²) in [7, 11) is 0. The summed E-state index contributed by atoms with van der Waals surface area (Å²) in [5.74, 6) is -1.96. The maximum absolute atomic E-state index is 13.8. The quantitative estimate of drug-likeness (QED) is 0.0284. The molecular weight excluding hydrogens is 1090 g/mol. The topological polar surface area (TPSA) is 226 Å². The molecule has 0 aliphatic heterocycles. The summed E-state index contributed by atoms with van der Waals surface area (Å²) >= 11 is 0. The molecule has 0 aromatic heterocycles. The van der Waals surface area contributed by atoms with Gasteiger partial charge in [-0.1, -0.05) is 91.9 Å². The van der Waals surface area contributed by atoms with Crippen molar-refractivity contribution in [1.29, 1.82) is 0 Å². The summed E-state index contributed by atoms with van der Waals surface area (Å²) in [6, 6.07) is 32.4. The molecule has 0 bridgehead atoms. The van der Waals surface area contributed by atoms with Crippen LogP contribution in [0.15, 0.2) is 109 Å². The minimum absolute atomic E-state index is 0.0712. The number of rotatable bonds is 36. The summed E-state index contributed by atoms with van der Waals surface area (Å²) in [5, 5.41) is 5.77. The minimum atomic E-state index is -0.810. The Balaban J connectivity index is 0.000000450. The summed E-state index contributed by atoms with van der Waals surface area (Å²) in [4.78, 5) is 79.8. The Morgan fingerprint density at radius 1 is 0.407 bits per heavy atom. The van der Waals surface area contributed by atoms with Crippen LogP contribution in [-0.4, -0.2) is 129 Å². The van der Waals surface area contributed by atoms with Gasteiger partial charge in [-0.2, -0.15) is 0 Å². The number of benzene rings is 4. The predicted molar refractivity (Wildman–Crippen MR) is 335 cm³/mol. The van der Waals surface area contributed by atoms with Crippen molar-refractivity contribution in [2.45, 2.75) is 182 Å². The van der Waals surface area contributed by atoms with Gasteiger partial charge in [0.2, 0.25) is 11.8 Å². The molecule has 2 amide bonds. The summed E-state index contributed by atoms with van der Waals surface area (Å²) in [6.45, 7) is 28.3. The van der Waals surface area contributed by atoms with Crippen LogP contribution in [0.4, 0.5) is 0 Å². The van der Waals surface area contributed by atoms with Crippen molar-refractivity contribution in [3.8, 4) is 11.5 Å². The smallest absolute Gasteiger partial charge is 0.310 e. The molecule has 4 aromatic carbocycles. The van der Waals surface area contributed by atoms with Gasteiger partial charge in [-0.3, -0.25) is 28.8 Å². The van der Waals surface area contributed by atoms with Crippen LogP contribution in [0.3, 0.4) is 0 Å². The Kier molecular flexibility index (Phi) is 32.5. The minimum Gasteiger partial charge on any atom is -0.488 e. The van der Waals surface area contributed by atoms with Gasteiger partial charge in [-0.25, -0.2) is 0 Å². The Morgan fingerprint density at radius 3 is 1.05 bits per heavy atom. The maximum Gasteiger partial charge on any atom is 0.310 e. The van der Waals surface area contributed by atoms with Gasteiger partial charge in [0, 0.05) is 38.8 Å². The molecule has 0 aliphatic rings. The average molecular weight is 1200 g/mol. The predicted octanol–water partition coefficient (Wildman–Crippen LogP) is 10.3. The molecule has 4 rings (SSSR count). The lowest BCUT2D eigenvalue weighted by molar-refractivity contribution is -0.162. The SMILES string of the molecule is CC(C)(C)OC(=O)[C@@H](CC(=O)[C@H](Cc1ccccc1)NC(=O)CCOCCOCCN)Cc1ccc(OC(C)(C)C)cc1.CCCOCCOCCC(=O)N[C@@H](Cc1ccccc1)C(=O)C[C@@H](Cc1ccc(OC(C)(C)C)cc1)C(=O)OC(C)(C)C. The van der Waals surface area contributed by atoms with Gasteiger partial charge in [0.1, 0.15) is 33.9 Å². The molecule has 0 unspecified atom stereocenters. The number of hydrogen-bond donors (Lipinski definition) is 3. The molecule has 86 heavy (non-hydrogen) atoms. The molecular formula is C69H101N3O14. The van der Waals surface area contributed by atoms with E-state index >= 15 is 0 Å². The third-order valence-corrected chi connectivity index (χ3v) is 12.3. The van der Waals surface area contributed by atoms with Gasteiger partial charge in [-0.15, -0.1) is 0 Å². The number of carbonyl (C=O) groups excluding carboxylic acids is 6. The highest BCUT2D eigenvalue weighted by Gasteiger charge is 2.33. The standard InChI is InChI=1S/C35H51NO7.C34H50N2O7/c1-8-19-40-21-22-41-20-18-32(38)36-30(24-26-12-10-9-11-13-26)31(37)25-28(33(39)43-35(5,6)7)23-27-14-16-29(17-15-27)42-34(2,3)4;1-33(2,3)42-28-14-12-26(13-15-28)22-27(32(39)43-34(4,5)6)24-30(37)29(23-25-10-8-7-9-11-25)36-31(38)16-18-40-20-21-41-19-17-35/h9-17,28,30H,8,18-25H2,1-7H3,(H,36,38);7-15,27,29H,16-24,35H2,1-6H3,(H,36,38)/t28-,30+;27-,29+/m11/s1. The van der Waals surface area contributed by atoms with E-state index < -0.39 is 47.1 Å². The molecule has 0 heterocycles. The third-order valence-electron chi connectivity index (χ3n) is 12.3. The molecule has 0 saturated carbocycles. The normalized spacial score (nSPS) is 13.2. The zero-order valence-electron chi connectivity index (χ0n) is 53.7. The van der Waals surface area contributed by atoms with E-state index in [9.17, 15) is 28.8 Å². The Labute approximate surface area is 512 Å². The number of amides is 2. The van der Waals surface area contributed by atoms with Crippen LogP contribution >= 0.6 is 0 Å². The molecule has 0 fully saturated rings. The second kappa shape index (κ2) is 37.9. The van der Waals surface area contributed by atoms with Crippen LogP contribution in [0, 0.1) is 11.8 Å². The van der Waals surface area contributed by atoms with E-state index in [-0.39, 0.29) is 73.5 Å². The van der Waals surface area contributed by atoms with Gasteiger partial charge in [0.05, 0.1) is 70.2 Å². The number of hydrogen-bond acceptors (Lipinski definition) is 15. The molecule has 0 spiro atoms. The molecule has 476 valence electrons. The Hall–Kier alpha value is -6.50. The van der Waals surface area contributed by atoms with Crippen LogP contribution < -0.4 is 25.8 Å². The largest absolute Gasteiger partial charge is 0.488 e. The van der Waals surface area contributed by atoms with Crippen molar-refractivity contribution in [2.24, 2.45) is 17.6 Å². The molecule has 0 aliphatic carbocycles. The van der Waals surface area contributed by atoms with Crippen molar-refractivity contribution in [2.75, 3.05) is 59.4 Å². The Morgan fingerprint density at radius 2 is 0.733 bits per heavy atom. The fraction of sp³-hybridized carbons (Fsp3) is 0.565. The van der Waals surface area contributed by atoms with Crippen molar-refractivity contribution >= 4 is 35.3 Å². The number of Topliss-reactive ketones (excluding diaryl/α,β-unsaturated/α-hetero) is 2. The number of ketones is 2. The van der Waals surface area contributed by atoms with E-state index in [4.69, 9.17) is 43.6 Å². The van der Waals surface area contributed by atoms with Crippen LogP contribution in [-0.2, 0) is 82.9 Å². The first-order valence-electron chi connectivity index (χ1n) is 30.3. The van der Waals surface area contributed by atoms with E-state index in [0.29, 0.717) is 71.9 Å². The molecule has 0 saturated heterocycles. The lowest BCUT2D eigenvalue weighted by atomic mass is 9.90. The first-order valence-corrected chi connectivity index (χ1v) is 30.3. The molecule has 4 N–H and O–H groups in total. The highest BCUT2D eigenvalue weighted by Crippen LogP contribution is 2.26. The number of carbonyl (C=O) groups is 6. The van der Waals surface area contributed by atoms with E-state index in [0.717, 1.165) is 40.2 Å². The number of ether oxygens (including phenoxy) is 8. The lowest BCUT2D eigenvalue weighted by Gasteiger charge is -2.25. The first-order chi connectivity index (χ1) is 40.5. The van der Waals surface area contributed by atoms with Crippen LogP contribution in [0.25, 0.3) is 0 Å². The van der Waals surface area contributed by atoms with Crippen molar-refractivity contribution in [1.82, 2.24) is 10.6 Å². The number of nitrogens with two attached hydrogens (primary N) is 1. The highest BCUT2D eigenvalue weighted by molar-refractivity contribution is 5.93. The second-order valence-corrected chi connectivity index (χ2v) is 25.3. The van der Waals surface area contributed by atoms with Gasteiger partial charge in [-0.05, 0) is 162 Å². The van der Waals surface area contributed by atoms with E-state index in [2.05, 4.69) is 10.6 Å². The van der Waals surface area contributed by atoms with Crippen LogP contribution in [0.1, 0.15) is 144 Å². The van der Waals surface area contributed by atoms with Gasteiger partial charge in [0.15, 0.2) is 11.6 Å². The van der Waals surface area contributed by atoms with Gasteiger partial charge in [0.25, 0.3) is 0 Å². The first kappa shape index (κ1) is 73.8. The van der Waals surface area contributed by atoms with E-state index in [1.165, 1.54) is 0 Å². The van der Waals surface area contributed by atoms with E-state index in [1.807, 2.05) is 158 Å². The van der Waals surface area contributed by atoms with Gasteiger partial charge >= 0.3 is 11.9 Å². The Bertz CT molecular complexity index is 2420. The summed E-state index contributed by atoms with van der Waals surface area (Å²) < 4.78 is 44.9. The number of nitrogens with one attached hydrogen (secondary N) is 2. The van der Waals surface area contributed by atoms with Crippen molar-refractivity contribution in [3.05, 3.63) is 131 Å². The number of esters is 2. The zero-order chi connectivity index (χ0) is 63.8. The third kappa shape index (κ3) is 34.0. The lowest BCUT2D eigenvalue weighted by Crippen LogP contribution is -2.44. The second-order valence-electron chi connectivity index (χ2n) is 25.3. The highest BCUT2D eigenvalue weighted by atomic mass is 16.6. The molecule has 17 nitrogen and oxygen atoms in total. The van der Waals surface area contributed by atoms with Crippen LogP contribution in [0.5, 0.6) is 11.5 Å².